The highest BCUT2D eigenvalue weighted by Gasteiger charge is 2.35. The highest BCUT2D eigenvalue weighted by molar-refractivity contribution is 7.97. The average Bonchev–Trinajstić information content (AvgIpc) is 2.62. The Hall–Kier alpha value is -2.12. The molecule has 0 spiro atoms. The molecule has 148 valence electrons. The molecular formula is C20H13ClF6S. The van der Waals surface area contributed by atoms with E-state index >= 15 is 0 Å². The van der Waals surface area contributed by atoms with E-state index in [0.29, 0.717) is 9.79 Å². The van der Waals surface area contributed by atoms with Crippen molar-refractivity contribution >= 4 is 10.9 Å². The van der Waals surface area contributed by atoms with Crippen molar-refractivity contribution in [1.82, 2.24) is 0 Å². The standard InChI is InChI=1S/C20H13F6S.ClH/c21-19(22,23)14-6-10-17(11-7-14)27(16-4-2-1-3-5-16)18-12-8-15(9-13-18)20(24,25)26;/h1-13H;1H/q+1;/p-1. The zero-order valence-corrected chi connectivity index (χ0v) is 15.6. The third kappa shape index (κ3) is 5.02. The Bertz CT molecular complexity index is 830. The molecule has 3 aromatic carbocycles. The van der Waals surface area contributed by atoms with Crippen molar-refractivity contribution in [3.8, 4) is 0 Å². The molecular weight excluding hydrogens is 422 g/mol. The lowest BCUT2D eigenvalue weighted by molar-refractivity contribution is -0.138. The number of hydrogen-bond acceptors (Lipinski definition) is 0. The summed E-state index contributed by atoms with van der Waals surface area (Å²) < 4.78 is 76.9. The minimum Gasteiger partial charge on any atom is -1.00 e. The van der Waals surface area contributed by atoms with Crippen LogP contribution in [0.5, 0.6) is 0 Å². The van der Waals surface area contributed by atoms with E-state index in [1.54, 1.807) is 30.3 Å². The van der Waals surface area contributed by atoms with Crippen molar-refractivity contribution in [2.75, 3.05) is 0 Å². The largest absolute Gasteiger partial charge is 1.00 e. The topological polar surface area (TPSA) is 0 Å². The molecule has 0 radical (unpaired) electrons. The lowest BCUT2D eigenvalue weighted by Gasteiger charge is -2.11. The van der Waals surface area contributed by atoms with Crippen molar-refractivity contribution in [1.29, 1.82) is 0 Å². The van der Waals surface area contributed by atoms with Crippen LogP contribution in [-0.2, 0) is 23.2 Å². The monoisotopic (exact) mass is 434 g/mol. The van der Waals surface area contributed by atoms with E-state index in [1.165, 1.54) is 24.3 Å². The normalized spacial score (nSPS) is 12.0. The smallest absolute Gasteiger partial charge is 0.416 e. The molecule has 0 amide bonds. The Kier molecular flexibility index (Phi) is 6.72. The number of halogens is 7. The van der Waals surface area contributed by atoms with Crippen LogP contribution in [0, 0.1) is 0 Å². The molecule has 0 saturated heterocycles. The summed E-state index contributed by atoms with van der Waals surface area (Å²) >= 11 is 0. The molecule has 0 aliphatic rings. The van der Waals surface area contributed by atoms with Crippen LogP contribution in [0.3, 0.4) is 0 Å². The quantitative estimate of drug-likeness (QED) is 0.434. The van der Waals surface area contributed by atoms with Crippen molar-refractivity contribution < 1.29 is 38.7 Å². The fraction of sp³-hybridized carbons (Fsp3) is 0.100. The Morgan fingerprint density at radius 2 is 0.786 bits per heavy atom. The summed E-state index contributed by atoms with van der Waals surface area (Å²) in [5, 5.41) is 0. The first-order valence-corrected chi connectivity index (χ1v) is 9.02. The highest BCUT2D eigenvalue weighted by Crippen LogP contribution is 2.36. The minimum absolute atomic E-state index is 0. The molecule has 0 N–H and O–H groups in total. The zero-order valence-electron chi connectivity index (χ0n) is 14.1. The summed E-state index contributed by atoms with van der Waals surface area (Å²) in [6, 6.07) is 18.4. The van der Waals surface area contributed by atoms with Gasteiger partial charge in [-0.1, -0.05) is 18.2 Å². The van der Waals surface area contributed by atoms with Gasteiger partial charge in [0.2, 0.25) is 0 Å². The fourth-order valence-corrected chi connectivity index (χ4v) is 4.59. The van der Waals surface area contributed by atoms with E-state index in [9.17, 15) is 26.3 Å². The second-order valence-electron chi connectivity index (χ2n) is 5.66. The van der Waals surface area contributed by atoms with Gasteiger partial charge >= 0.3 is 12.4 Å². The SMILES string of the molecule is FC(F)(F)c1ccc([S+](c2ccccc2)c2ccc(C(F)(F)F)cc2)cc1.[Cl-]. The molecule has 28 heavy (non-hydrogen) atoms. The van der Waals surface area contributed by atoms with Crippen LogP contribution in [0.25, 0.3) is 0 Å². The van der Waals surface area contributed by atoms with Crippen molar-refractivity contribution in [3.05, 3.63) is 90.0 Å². The van der Waals surface area contributed by atoms with E-state index in [1.807, 2.05) is 0 Å². The van der Waals surface area contributed by atoms with Gasteiger partial charge in [0.05, 0.1) is 22.0 Å². The van der Waals surface area contributed by atoms with Crippen molar-refractivity contribution in [3.63, 3.8) is 0 Å². The van der Waals surface area contributed by atoms with E-state index in [0.717, 1.165) is 29.2 Å². The van der Waals surface area contributed by atoms with Gasteiger partial charge in [-0.2, -0.15) is 26.3 Å². The van der Waals surface area contributed by atoms with E-state index in [-0.39, 0.29) is 12.4 Å². The summed E-state index contributed by atoms with van der Waals surface area (Å²) in [7, 11) is -0.819. The maximum atomic E-state index is 12.8. The summed E-state index contributed by atoms with van der Waals surface area (Å²) in [5.74, 6) is 0. The predicted octanol–water partition coefficient (Wildman–Crippen LogP) is 3.82. The van der Waals surface area contributed by atoms with Crippen LogP contribution in [-0.4, -0.2) is 0 Å². The Morgan fingerprint density at radius 3 is 1.11 bits per heavy atom. The van der Waals surface area contributed by atoms with Gasteiger partial charge in [0, 0.05) is 0 Å². The van der Waals surface area contributed by atoms with Gasteiger partial charge in [-0.05, 0) is 60.7 Å². The molecule has 0 unspecified atom stereocenters. The molecule has 3 rings (SSSR count). The number of rotatable bonds is 3. The second-order valence-corrected chi connectivity index (χ2v) is 7.69. The molecule has 8 heteroatoms. The number of alkyl halides is 6. The first-order valence-electron chi connectivity index (χ1n) is 7.80. The average molecular weight is 435 g/mol. The first kappa shape index (κ1) is 22.2. The third-order valence-corrected chi connectivity index (χ3v) is 6.04. The van der Waals surface area contributed by atoms with Gasteiger partial charge in [-0.15, -0.1) is 0 Å². The molecule has 0 heterocycles. The summed E-state index contributed by atoms with van der Waals surface area (Å²) in [6.45, 7) is 0. The van der Waals surface area contributed by atoms with Gasteiger partial charge in [0.25, 0.3) is 0 Å². The molecule has 0 aliphatic carbocycles. The lowest BCUT2D eigenvalue weighted by atomic mass is 10.2. The molecule has 3 aromatic rings. The van der Waals surface area contributed by atoms with Gasteiger partial charge in [0.15, 0.2) is 14.7 Å². The van der Waals surface area contributed by atoms with Crippen LogP contribution in [0.15, 0.2) is 93.5 Å². The Morgan fingerprint density at radius 1 is 0.464 bits per heavy atom. The van der Waals surface area contributed by atoms with Gasteiger partial charge < -0.3 is 12.4 Å². The summed E-state index contributed by atoms with van der Waals surface area (Å²) in [4.78, 5) is 1.99. The molecule has 0 saturated carbocycles. The van der Waals surface area contributed by atoms with Crippen molar-refractivity contribution in [2.24, 2.45) is 0 Å². The second kappa shape index (κ2) is 8.49. The molecule has 0 fully saturated rings. The van der Waals surface area contributed by atoms with Crippen LogP contribution in [0.1, 0.15) is 11.1 Å². The predicted molar refractivity (Wildman–Crippen MR) is 91.5 cm³/mol. The third-order valence-electron chi connectivity index (χ3n) is 3.81. The van der Waals surface area contributed by atoms with Crippen LogP contribution < -0.4 is 12.4 Å². The highest BCUT2D eigenvalue weighted by atomic mass is 35.5. The number of benzene rings is 3. The molecule has 0 nitrogen and oxygen atoms in total. The van der Waals surface area contributed by atoms with Crippen LogP contribution in [0.4, 0.5) is 26.3 Å². The molecule has 0 atom stereocenters. The van der Waals surface area contributed by atoms with Gasteiger partial charge in [0.1, 0.15) is 0 Å². The summed E-state index contributed by atoms with van der Waals surface area (Å²) in [6.07, 6.45) is -8.89. The van der Waals surface area contributed by atoms with E-state index in [2.05, 4.69) is 0 Å². The Balaban J connectivity index is 0.00000280. The minimum atomic E-state index is -4.45. The summed E-state index contributed by atoms with van der Waals surface area (Å²) in [5.41, 5.74) is -1.54. The number of hydrogen-bond donors (Lipinski definition) is 0. The first-order chi connectivity index (χ1) is 12.7. The zero-order chi connectivity index (χ0) is 19.7. The van der Waals surface area contributed by atoms with Crippen molar-refractivity contribution in [2.45, 2.75) is 27.0 Å². The van der Waals surface area contributed by atoms with E-state index in [4.69, 9.17) is 0 Å². The maximum Gasteiger partial charge on any atom is 0.416 e. The maximum absolute atomic E-state index is 12.8. The van der Waals surface area contributed by atoms with Crippen LogP contribution in [0.2, 0.25) is 0 Å². The van der Waals surface area contributed by atoms with Gasteiger partial charge in [-0.3, -0.25) is 0 Å². The fourth-order valence-electron chi connectivity index (χ4n) is 2.52. The molecule has 0 bridgehead atoms. The molecule has 0 aromatic heterocycles. The Labute approximate surface area is 167 Å². The molecule has 0 aliphatic heterocycles. The van der Waals surface area contributed by atoms with Crippen LogP contribution >= 0.6 is 0 Å². The lowest BCUT2D eigenvalue weighted by Crippen LogP contribution is -3.00. The van der Waals surface area contributed by atoms with E-state index < -0.39 is 34.4 Å². The van der Waals surface area contributed by atoms with Gasteiger partial charge in [-0.25, -0.2) is 0 Å².